The molecule has 0 aliphatic heterocycles. The van der Waals surface area contributed by atoms with E-state index in [1.165, 1.54) is 5.56 Å². The van der Waals surface area contributed by atoms with Gasteiger partial charge in [-0.3, -0.25) is 4.79 Å². The van der Waals surface area contributed by atoms with Crippen molar-refractivity contribution in [1.82, 2.24) is 5.32 Å². The maximum Gasteiger partial charge on any atom is 0.218 e. The SMILES string of the molecule is COc1ccc(CSCCNCCC(N)=O)cc1. The molecule has 0 spiro atoms. The third-order valence-electron chi connectivity index (χ3n) is 2.40. The van der Waals surface area contributed by atoms with E-state index >= 15 is 0 Å². The van der Waals surface area contributed by atoms with Gasteiger partial charge in [-0.15, -0.1) is 0 Å². The number of carbonyl (C=O) groups excluding carboxylic acids is 1. The van der Waals surface area contributed by atoms with Gasteiger partial charge in [-0.25, -0.2) is 0 Å². The van der Waals surface area contributed by atoms with E-state index in [1.54, 1.807) is 7.11 Å². The first-order valence-corrected chi connectivity index (χ1v) is 7.07. The highest BCUT2D eigenvalue weighted by Gasteiger charge is 1.96. The monoisotopic (exact) mass is 268 g/mol. The molecule has 0 fully saturated rings. The highest BCUT2D eigenvalue weighted by atomic mass is 32.2. The van der Waals surface area contributed by atoms with Crippen LogP contribution in [0.4, 0.5) is 0 Å². The second-order valence-corrected chi connectivity index (χ2v) is 4.97. The van der Waals surface area contributed by atoms with Crippen LogP contribution in [0.3, 0.4) is 0 Å². The first-order chi connectivity index (χ1) is 8.72. The zero-order chi connectivity index (χ0) is 13.2. The van der Waals surface area contributed by atoms with Gasteiger partial charge in [0.1, 0.15) is 5.75 Å². The lowest BCUT2D eigenvalue weighted by Crippen LogP contribution is -2.23. The maximum atomic E-state index is 10.5. The zero-order valence-electron chi connectivity index (χ0n) is 10.6. The predicted molar refractivity (Wildman–Crippen MR) is 75.8 cm³/mol. The molecule has 0 atom stereocenters. The highest BCUT2D eigenvalue weighted by molar-refractivity contribution is 7.98. The number of nitrogens with one attached hydrogen (secondary N) is 1. The van der Waals surface area contributed by atoms with Gasteiger partial charge in [0, 0.05) is 31.0 Å². The van der Waals surface area contributed by atoms with Crippen LogP contribution in [-0.2, 0) is 10.5 Å². The largest absolute Gasteiger partial charge is 0.497 e. The summed E-state index contributed by atoms with van der Waals surface area (Å²) in [6.45, 7) is 1.56. The van der Waals surface area contributed by atoms with Crippen molar-refractivity contribution in [3.8, 4) is 5.75 Å². The van der Waals surface area contributed by atoms with Crippen LogP contribution in [0.5, 0.6) is 5.75 Å². The molecule has 0 saturated heterocycles. The first-order valence-electron chi connectivity index (χ1n) is 5.92. The molecule has 100 valence electrons. The first kappa shape index (κ1) is 14.9. The molecule has 0 radical (unpaired) electrons. The van der Waals surface area contributed by atoms with Gasteiger partial charge in [0.25, 0.3) is 0 Å². The van der Waals surface area contributed by atoms with Gasteiger partial charge in [0.05, 0.1) is 7.11 Å². The van der Waals surface area contributed by atoms with Crippen molar-refractivity contribution in [2.24, 2.45) is 5.73 Å². The number of hydrogen-bond acceptors (Lipinski definition) is 4. The van der Waals surface area contributed by atoms with Crippen molar-refractivity contribution in [2.75, 3.05) is 26.0 Å². The van der Waals surface area contributed by atoms with Crippen LogP contribution in [0, 0.1) is 0 Å². The lowest BCUT2D eigenvalue weighted by molar-refractivity contribution is -0.117. The molecule has 0 aliphatic carbocycles. The van der Waals surface area contributed by atoms with E-state index in [4.69, 9.17) is 10.5 Å². The molecule has 0 heterocycles. The lowest BCUT2D eigenvalue weighted by Gasteiger charge is -2.05. The summed E-state index contributed by atoms with van der Waals surface area (Å²) in [5.41, 5.74) is 6.33. The van der Waals surface area contributed by atoms with E-state index in [0.29, 0.717) is 13.0 Å². The van der Waals surface area contributed by atoms with Crippen LogP contribution in [0.15, 0.2) is 24.3 Å². The average Bonchev–Trinajstić information content (AvgIpc) is 2.38. The fourth-order valence-electron chi connectivity index (χ4n) is 1.39. The number of benzene rings is 1. The van der Waals surface area contributed by atoms with Gasteiger partial charge >= 0.3 is 0 Å². The molecule has 1 aromatic carbocycles. The second-order valence-electron chi connectivity index (χ2n) is 3.87. The fraction of sp³-hybridized carbons (Fsp3) is 0.462. The van der Waals surface area contributed by atoms with Crippen LogP contribution in [0.25, 0.3) is 0 Å². The number of methoxy groups -OCH3 is 1. The van der Waals surface area contributed by atoms with Gasteiger partial charge in [-0.1, -0.05) is 12.1 Å². The number of thioether (sulfide) groups is 1. The Morgan fingerprint density at radius 1 is 1.33 bits per heavy atom. The number of nitrogens with two attached hydrogens (primary N) is 1. The quantitative estimate of drug-likeness (QED) is 0.664. The smallest absolute Gasteiger partial charge is 0.218 e. The third kappa shape index (κ3) is 6.51. The van der Waals surface area contributed by atoms with Crippen LogP contribution >= 0.6 is 11.8 Å². The maximum absolute atomic E-state index is 10.5. The van der Waals surface area contributed by atoms with E-state index in [-0.39, 0.29) is 5.91 Å². The van der Waals surface area contributed by atoms with Crippen LogP contribution in [0.1, 0.15) is 12.0 Å². The predicted octanol–water partition coefficient (Wildman–Crippen LogP) is 1.39. The lowest BCUT2D eigenvalue weighted by atomic mass is 10.2. The molecular formula is C13H20N2O2S. The van der Waals surface area contributed by atoms with Crippen molar-refractivity contribution in [3.63, 3.8) is 0 Å². The Labute approximate surface area is 112 Å². The summed E-state index contributed by atoms with van der Waals surface area (Å²) in [6.07, 6.45) is 0.406. The summed E-state index contributed by atoms with van der Waals surface area (Å²) < 4.78 is 5.10. The van der Waals surface area contributed by atoms with Crippen molar-refractivity contribution in [3.05, 3.63) is 29.8 Å². The number of hydrogen-bond donors (Lipinski definition) is 2. The van der Waals surface area contributed by atoms with E-state index < -0.39 is 0 Å². The number of ether oxygens (including phenoxy) is 1. The number of primary amides is 1. The topological polar surface area (TPSA) is 64.3 Å². The zero-order valence-corrected chi connectivity index (χ0v) is 11.5. The van der Waals surface area contributed by atoms with E-state index in [0.717, 1.165) is 23.8 Å². The van der Waals surface area contributed by atoms with Crippen LogP contribution < -0.4 is 15.8 Å². The highest BCUT2D eigenvalue weighted by Crippen LogP contribution is 2.15. The summed E-state index contributed by atoms with van der Waals surface area (Å²) in [5.74, 6) is 2.64. The Balaban J connectivity index is 2.05. The standard InChI is InChI=1S/C13H20N2O2S/c1-17-12-4-2-11(3-5-12)10-18-9-8-15-7-6-13(14)16/h2-5,15H,6-10H2,1H3,(H2,14,16). The van der Waals surface area contributed by atoms with Crippen molar-refractivity contribution in [1.29, 1.82) is 0 Å². The van der Waals surface area contributed by atoms with Crippen molar-refractivity contribution < 1.29 is 9.53 Å². The number of amides is 1. The Bertz CT molecular complexity index is 355. The molecule has 18 heavy (non-hydrogen) atoms. The van der Waals surface area contributed by atoms with E-state index in [2.05, 4.69) is 17.4 Å². The van der Waals surface area contributed by atoms with Crippen molar-refractivity contribution >= 4 is 17.7 Å². The summed E-state index contributed by atoms with van der Waals surface area (Å²) >= 11 is 1.86. The molecule has 4 nitrogen and oxygen atoms in total. The van der Waals surface area contributed by atoms with Gasteiger partial charge in [-0.2, -0.15) is 11.8 Å². The minimum absolute atomic E-state index is 0.256. The Kier molecular flexibility index (Phi) is 7.29. The van der Waals surface area contributed by atoms with Gasteiger partial charge in [-0.05, 0) is 17.7 Å². The van der Waals surface area contributed by atoms with E-state index in [9.17, 15) is 4.79 Å². The number of carbonyl (C=O) groups is 1. The van der Waals surface area contributed by atoms with Gasteiger partial charge in [0.2, 0.25) is 5.91 Å². The molecule has 5 heteroatoms. The summed E-state index contributed by atoms with van der Waals surface area (Å²) in [5, 5.41) is 3.18. The van der Waals surface area contributed by atoms with Crippen LogP contribution in [-0.4, -0.2) is 31.9 Å². The van der Waals surface area contributed by atoms with Gasteiger partial charge < -0.3 is 15.8 Å². The third-order valence-corrected chi connectivity index (χ3v) is 3.43. The molecule has 0 aromatic heterocycles. The molecule has 0 unspecified atom stereocenters. The minimum Gasteiger partial charge on any atom is -0.497 e. The minimum atomic E-state index is -0.256. The summed E-state index contributed by atoms with van der Waals surface area (Å²) in [4.78, 5) is 10.5. The summed E-state index contributed by atoms with van der Waals surface area (Å²) in [7, 11) is 1.67. The molecule has 1 rings (SSSR count). The average molecular weight is 268 g/mol. The summed E-state index contributed by atoms with van der Waals surface area (Å²) in [6, 6.07) is 8.10. The van der Waals surface area contributed by atoms with Crippen LogP contribution in [0.2, 0.25) is 0 Å². The Morgan fingerprint density at radius 2 is 2.06 bits per heavy atom. The molecule has 1 amide bonds. The Hall–Kier alpha value is -1.20. The molecule has 0 aliphatic rings. The molecule has 1 aromatic rings. The molecule has 0 saturated carbocycles. The molecule has 0 bridgehead atoms. The Morgan fingerprint density at radius 3 is 2.67 bits per heavy atom. The number of rotatable bonds is 9. The molecule has 3 N–H and O–H groups in total. The molecular weight excluding hydrogens is 248 g/mol. The normalized spacial score (nSPS) is 10.3. The van der Waals surface area contributed by atoms with E-state index in [1.807, 2.05) is 23.9 Å². The van der Waals surface area contributed by atoms with Crippen molar-refractivity contribution in [2.45, 2.75) is 12.2 Å². The van der Waals surface area contributed by atoms with Gasteiger partial charge in [0.15, 0.2) is 0 Å². The second kappa shape index (κ2) is 8.83. The fourth-order valence-corrected chi connectivity index (χ4v) is 2.25.